The molecule has 0 radical (unpaired) electrons. The molecule has 0 spiro atoms. The molecular formula is C18H16FN3O3S. The fraction of sp³-hybridized carbons (Fsp3) is 0.222. The molecule has 8 heteroatoms. The van der Waals surface area contributed by atoms with Crippen LogP contribution >= 0.6 is 11.3 Å². The van der Waals surface area contributed by atoms with Crippen LogP contribution in [0.5, 0.6) is 5.75 Å². The van der Waals surface area contributed by atoms with Gasteiger partial charge in [0, 0.05) is 6.42 Å². The van der Waals surface area contributed by atoms with E-state index in [-0.39, 0.29) is 22.9 Å². The number of halogens is 1. The fourth-order valence-electron chi connectivity index (χ4n) is 2.35. The van der Waals surface area contributed by atoms with Crippen molar-refractivity contribution in [2.75, 3.05) is 0 Å². The second-order valence-electron chi connectivity index (χ2n) is 5.73. The maximum absolute atomic E-state index is 13.6. The van der Waals surface area contributed by atoms with E-state index in [2.05, 4.69) is 15.2 Å². The first-order valence-electron chi connectivity index (χ1n) is 7.89. The number of benzene rings is 1. The summed E-state index contributed by atoms with van der Waals surface area (Å²) in [6.45, 7) is 3.55. The number of thiazole rings is 1. The molecule has 0 unspecified atom stereocenters. The van der Waals surface area contributed by atoms with E-state index < -0.39 is 11.8 Å². The zero-order chi connectivity index (χ0) is 18.7. The Morgan fingerprint density at radius 3 is 2.73 bits per heavy atom. The highest BCUT2D eigenvalue weighted by molar-refractivity contribution is 7.17. The molecule has 1 aromatic heterocycles. The lowest BCUT2D eigenvalue weighted by Gasteiger charge is -2.08. The van der Waals surface area contributed by atoms with Crippen LogP contribution in [0.3, 0.4) is 0 Å². The number of aromatic hydroxyl groups is 1. The molecule has 134 valence electrons. The van der Waals surface area contributed by atoms with Crippen molar-refractivity contribution in [3.8, 4) is 5.75 Å². The third kappa shape index (κ3) is 4.02. The minimum atomic E-state index is -0.732. The van der Waals surface area contributed by atoms with Gasteiger partial charge in [0.1, 0.15) is 11.6 Å². The van der Waals surface area contributed by atoms with Crippen molar-refractivity contribution in [3.63, 3.8) is 0 Å². The van der Waals surface area contributed by atoms with Crippen LogP contribution in [0.2, 0.25) is 0 Å². The molecule has 0 saturated carbocycles. The number of allylic oxidation sites excluding steroid dienone is 3. The molecule has 6 nitrogen and oxygen atoms in total. The predicted molar refractivity (Wildman–Crippen MR) is 95.8 cm³/mol. The zero-order valence-corrected chi connectivity index (χ0v) is 15.0. The molecule has 1 aliphatic carbocycles. The summed E-state index contributed by atoms with van der Waals surface area (Å²) in [5.74, 6) is -1.03. The number of carbonyl (C=O) groups is 1. The molecule has 0 fully saturated rings. The summed E-state index contributed by atoms with van der Waals surface area (Å²) < 4.78 is 18.7. The number of hydrogen-bond acceptors (Lipinski definition) is 7. The van der Waals surface area contributed by atoms with Crippen molar-refractivity contribution in [1.29, 1.82) is 0 Å². The first-order valence-corrected chi connectivity index (χ1v) is 8.71. The second kappa shape index (κ2) is 7.57. The van der Waals surface area contributed by atoms with Crippen molar-refractivity contribution in [1.82, 2.24) is 4.98 Å². The number of phenols is 1. The average molecular weight is 373 g/mol. The Morgan fingerprint density at radius 1 is 1.31 bits per heavy atom. The number of rotatable bonds is 4. The number of phenolic OH excluding ortho intramolecular Hbond substituents is 1. The van der Waals surface area contributed by atoms with Crippen molar-refractivity contribution in [2.45, 2.75) is 26.7 Å². The maximum Gasteiger partial charge on any atom is 0.372 e. The third-order valence-electron chi connectivity index (χ3n) is 3.68. The van der Waals surface area contributed by atoms with Gasteiger partial charge < -0.3 is 9.84 Å². The largest absolute Gasteiger partial charge is 0.507 e. The summed E-state index contributed by atoms with van der Waals surface area (Å²) in [5, 5.41) is 18.4. The number of azo groups is 1. The summed E-state index contributed by atoms with van der Waals surface area (Å²) in [6, 6.07) is 3.40. The first-order chi connectivity index (χ1) is 12.4. The summed E-state index contributed by atoms with van der Waals surface area (Å²) in [7, 11) is 0. The summed E-state index contributed by atoms with van der Waals surface area (Å²) >= 11 is 0.997. The van der Waals surface area contributed by atoms with Crippen LogP contribution < -0.4 is 0 Å². The van der Waals surface area contributed by atoms with Crippen molar-refractivity contribution in [2.24, 2.45) is 10.2 Å². The highest BCUT2D eigenvalue weighted by atomic mass is 32.1. The SMILES string of the molecule is Cc1cc(/N=N/c2cnc(C(=O)OC3=C(F)CCC=C3)s2)cc(C)c1O. The van der Waals surface area contributed by atoms with E-state index in [0.717, 1.165) is 11.3 Å². The third-order valence-corrected chi connectivity index (χ3v) is 4.54. The molecule has 1 aliphatic rings. The van der Waals surface area contributed by atoms with Crippen LogP contribution in [0.4, 0.5) is 15.1 Å². The first kappa shape index (κ1) is 17.9. The van der Waals surface area contributed by atoms with Crippen LogP contribution in [0, 0.1) is 13.8 Å². The van der Waals surface area contributed by atoms with Crippen LogP contribution in [-0.4, -0.2) is 16.1 Å². The van der Waals surface area contributed by atoms with Crippen LogP contribution in [0.15, 0.2) is 52.3 Å². The van der Waals surface area contributed by atoms with Crippen LogP contribution in [-0.2, 0) is 4.74 Å². The number of ether oxygens (including phenoxy) is 1. The number of aromatic nitrogens is 1. The van der Waals surface area contributed by atoms with Crippen LogP contribution in [0.25, 0.3) is 0 Å². The molecule has 1 N–H and O–H groups in total. The molecule has 0 bridgehead atoms. The maximum atomic E-state index is 13.6. The standard InChI is InChI=1S/C18H16FN3O3S/c1-10-7-12(8-11(2)16(10)23)21-22-15-9-20-17(26-15)18(24)25-14-6-4-3-5-13(14)19/h4,6-9,23H,3,5H2,1-2H3/b22-21+. The van der Waals surface area contributed by atoms with E-state index in [4.69, 9.17) is 4.74 Å². The van der Waals surface area contributed by atoms with Crippen molar-refractivity contribution in [3.05, 3.63) is 58.2 Å². The Morgan fingerprint density at radius 2 is 2.04 bits per heavy atom. The molecule has 0 amide bonds. The van der Waals surface area contributed by atoms with Crippen LogP contribution in [0.1, 0.15) is 33.8 Å². The molecule has 3 rings (SSSR count). The van der Waals surface area contributed by atoms with Gasteiger partial charge in [0.25, 0.3) is 0 Å². The lowest BCUT2D eigenvalue weighted by molar-refractivity contribution is 0.0625. The lowest BCUT2D eigenvalue weighted by Crippen LogP contribution is -2.06. The Kier molecular flexibility index (Phi) is 5.22. The average Bonchev–Trinajstić information content (AvgIpc) is 3.09. The Balaban J connectivity index is 1.72. The molecule has 1 heterocycles. The molecular weight excluding hydrogens is 357 g/mol. The van der Waals surface area contributed by atoms with Gasteiger partial charge in [0.05, 0.1) is 11.9 Å². The van der Waals surface area contributed by atoms with Gasteiger partial charge in [-0.05, 0) is 49.6 Å². The van der Waals surface area contributed by atoms with Crippen molar-refractivity contribution < 1.29 is 19.0 Å². The number of esters is 1. The Bertz CT molecular complexity index is 924. The number of carbonyl (C=O) groups excluding carboxylic acids is 1. The van der Waals surface area contributed by atoms with E-state index in [1.165, 1.54) is 12.3 Å². The molecule has 1 aromatic carbocycles. The smallest absolute Gasteiger partial charge is 0.372 e. The van der Waals surface area contributed by atoms with E-state index in [0.29, 0.717) is 28.2 Å². The fourth-order valence-corrected chi connectivity index (χ4v) is 2.97. The summed E-state index contributed by atoms with van der Waals surface area (Å²) in [4.78, 5) is 16.0. The summed E-state index contributed by atoms with van der Waals surface area (Å²) in [6.07, 6.45) is 5.40. The minimum absolute atomic E-state index is 0.0660. The normalized spacial score (nSPS) is 14.3. The lowest BCUT2D eigenvalue weighted by atomic mass is 10.1. The van der Waals surface area contributed by atoms with Crippen molar-refractivity contribution >= 4 is 28.0 Å². The molecule has 26 heavy (non-hydrogen) atoms. The number of aryl methyl sites for hydroxylation is 2. The zero-order valence-electron chi connectivity index (χ0n) is 14.2. The van der Waals surface area contributed by atoms with E-state index in [9.17, 15) is 14.3 Å². The predicted octanol–water partition coefficient (Wildman–Crippen LogP) is 5.57. The van der Waals surface area contributed by atoms with Gasteiger partial charge in [-0.15, -0.1) is 10.2 Å². The molecule has 0 atom stereocenters. The second-order valence-corrected chi connectivity index (χ2v) is 6.74. The van der Waals surface area contributed by atoms with E-state index in [1.807, 2.05) is 0 Å². The molecule has 2 aromatic rings. The minimum Gasteiger partial charge on any atom is -0.507 e. The van der Waals surface area contributed by atoms with Gasteiger partial charge in [-0.3, -0.25) is 0 Å². The van der Waals surface area contributed by atoms with E-state index >= 15 is 0 Å². The topological polar surface area (TPSA) is 84.1 Å². The van der Waals surface area contributed by atoms with Gasteiger partial charge in [-0.1, -0.05) is 17.4 Å². The van der Waals surface area contributed by atoms with Gasteiger partial charge >= 0.3 is 5.97 Å². The number of nitrogens with zero attached hydrogens (tertiary/aromatic N) is 3. The highest BCUT2D eigenvalue weighted by Gasteiger charge is 2.18. The molecule has 0 aliphatic heterocycles. The molecule has 0 saturated heterocycles. The Hall–Kier alpha value is -2.87. The monoisotopic (exact) mass is 373 g/mol. The highest BCUT2D eigenvalue weighted by Crippen LogP contribution is 2.30. The van der Waals surface area contributed by atoms with Gasteiger partial charge in [0.15, 0.2) is 10.8 Å². The Labute approximate surface area is 153 Å². The number of hydrogen-bond donors (Lipinski definition) is 1. The van der Waals surface area contributed by atoms with Gasteiger partial charge in [-0.25, -0.2) is 14.2 Å². The quantitative estimate of drug-likeness (QED) is 0.561. The van der Waals surface area contributed by atoms with Gasteiger partial charge in [0.2, 0.25) is 5.01 Å². The van der Waals surface area contributed by atoms with E-state index in [1.54, 1.807) is 32.1 Å². The summed E-state index contributed by atoms with van der Waals surface area (Å²) in [5.41, 5.74) is 1.97. The van der Waals surface area contributed by atoms with Gasteiger partial charge in [-0.2, -0.15) is 0 Å².